The van der Waals surface area contributed by atoms with Gasteiger partial charge in [0.15, 0.2) is 5.65 Å². The van der Waals surface area contributed by atoms with Gasteiger partial charge in [-0.15, -0.1) is 0 Å². The summed E-state index contributed by atoms with van der Waals surface area (Å²) in [5.41, 5.74) is 3.26. The molecular weight excluding hydrogens is 458 g/mol. The molecule has 2 aromatic heterocycles. The van der Waals surface area contributed by atoms with Crippen molar-refractivity contribution in [1.29, 1.82) is 0 Å². The molecule has 1 aliphatic rings. The van der Waals surface area contributed by atoms with E-state index in [9.17, 15) is 9.18 Å². The number of halogens is 1. The normalized spacial score (nSPS) is 14.1. The monoisotopic (exact) mass is 484 g/mol. The van der Waals surface area contributed by atoms with Crippen molar-refractivity contribution in [1.82, 2.24) is 24.8 Å². The fraction of sp³-hybridized carbons (Fsp3) is 0.269. The van der Waals surface area contributed by atoms with Gasteiger partial charge in [-0.1, -0.05) is 24.3 Å². The Hall–Kier alpha value is -3.76. The van der Waals surface area contributed by atoms with Crippen LogP contribution in [0.15, 0.2) is 60.8 Å². The van der Waals surface area contributed by atoms with E-state index < -0.39 is 0 Å². The Kier molecular flexibility index (Phi) is 7.24. The van der Waals surface area contributed by atoms with Crippen molar-refractivity contribution in [2.45, 2.75) is 6.54 Å². The molecule has 0 unspecified atom stereocenters. The third-order valence-corrected chi connectivity index (χ3v) is 6.16. The van der Waals surface area contributed by atoms with Crippen molar-refractivity contribution in [2.24, 2.45) is 0 Å². The number of ether oxygens (including phenoxy) is 1. The van der Waals surface area contributed by atoms with Crippen molar-refractivity contribution in [3.05, 3.63) is 77.7 Å². The topological polar surface area (TPSA) is 83.8 Å². The van der Waals surface area contributed by atoms with E-state index in [2.05, 4.69) is 25.6 Å². The van der Waals surface area contributed by atoms with Crippen molar-refractivity contribution in [3.8, 4) is 11.3 Å². The van der Waals surface area contributed by atoms with Gasteiger partial charge in [-0.3, -0.25) is 9.69 Å². The number of hydrogen-bond donors (Lipinski definition) is 2. The number of hydrogen-bond acceptors (Lipinski definition) is 6. The molecule has 8 nitrogen and oxygen atoms in total. The Labute approximate surface area is 209 Å². The van der Waals surface area contributed by atoms with Gasteiger partial charge in [-0.2, -0.15) is 9.61 Å². The van der Waals surface area contributed by atoms with E-state index in [1.54, 1.807) is 40.9 Å². The summed E-state index contributed by atoms with van der Waals surface area (Å²) in [6.07, 6.45) is 1.52. The molecule has 3 heterocycles. The lowest BCUT2D eigenvalue weighted by molar-refractivity contribution is 0.0383. The average Bonchev–Trinajstić information content (AvgIpc) is 3.29. The van der Waals surface area contributed by atoms with Crippen molar-refractivity contribution >= 4 is 30.7 Å². The zero-order valence-electron chi connectivity index (χ0n) is 19.8. The lowest BCUT2D eigenvalue weighted by atomic mass is 10.0. The van der Waals surface area contributed by atoms with E-state index in [1.165, 1.54) is 12.3 Å². The molecule has 1 amide bonds. The second-order valence-electron chi connectivity index (χ2n) is 8.60. The van der Waals surface area contributed by atoms with Crippen molar-refractivity contribution < 1.29 is 13.9 Å². The minimum Gasteiger partial charge on any atom is -0.379 e. The first-order chi connectivity index (χ1) is 17.6. The molecule has 182 valence electrons. The van der Waals surface area contributed by atoms with Crippen LogP contribution in [0.5, 0.6) is 0 Å². The van der Waals surface area contributed by atoms with Crippen LogP contribution in [0, 0.1) is 5.82 Å². The fourth-order valence-electron chi connectivity index (χ4n) is 4.13. The summed E-state index contributed by atoms with van der Waals surface area (Å²) in [6, 6.07) is 15.6. The molecule has 0 bridgehead atoms. The zero-order chi connectivity index (χ0) is 24.9. The number of anilines is 1. The van der Waals surface area contributed by atoms with E-state index >= 15 is 0 Å². The lowest BCUT2D eigenvalue weighted by Crippen LogP contribution is -2.41. The molecule has 5 rings (SSSR count). The maximum atomic E-state index is 14.4. The molecule has 0 atom stereocenters. The molecule has 10 heteroatoms. The molecule has 0 spiro atoms. The number of morpholine rings is 1. The third kappa shape index (κ3) is 5.39. The highest BCUT2D eigenvalue weighted by Gasteiger charge is 2.14. The van der Waals surface area contributed by atoms with Crippen LogP contribution in [0.25, 0.3) is 16.9 Å². The highest BCUT2D eigenvalue weighted by Crippen LogP contribution is 2.24. The Morgan fingerprint density at radius 3 is 2.67 bits per heavy atom. The predicted molar refractivity (Wildman–Crippen MR) is 137 cm³/mol. The van der Waals surface area contributed by atoms with Crippen LogP contribution < -0.4 is 16.1 Å². The van der Waals surface area contributed by atoms with Crippen LogP contribution in [-0.4, -0.2) is 72.6 Å². The van der Waals surface area contributed by atoms with Crippen LogP contribution in [0.1, 0.15) is 15.9 Å². The second-order valence-corrected chi connectivity index (χ2v) is 8.60. The number of carbonyl (C=O) groups excluding carboxylic acids is 1. The smallest absolute Gasteiger partial charge is 0.251 e. The largest absolute Gasteiger partial charge is 0.379 e. The molecule has 0 saturated carbocycles. The Morgan fingerprint density at radius 2 is 1.89 bits per heavy atom. The molecule has 1 aliphatic heterocycles. The number of nitrogens with one attached hydrogen (secondary N) is 2. The summed E-state index contributed by atoms with van der Waals surface area (Å²) in [5.74, 6) is 0.164. The Morgan fingerprint density at radius 1 is 1.11 bits per heavy atom. The number of fused-ring (bicyclic) bond motifs is 1. The van der Waals surface area contributed by atoms with Crippen molar-refractivity contribution in [3.63, 3.8) is 0 Å². The van der Waals surface area contributed by atoms with E-state index in [0.29, 0.717) is 46.8 Å². The molecular formula is C26H26BFN6O2. The summed E-state index contributed by atoms with van der Waals surface area (Å²) < 4.78 is 21.3. The van der Waals surface area contributed by atoms with Gasteiger partial charge in [0.2, 0.25) is 0 Å². The van der Waals surface area contributed by atoms with Gasteiger partial charge in [-0.25, -0.2) is 9.37 Å². The Balaban J connectivity index is 1.24. The van der Waals surface area contributed by atoms with Gasteiger partial charge >= 0.3 is 0 Å². The quantitative estimate of drug-likeness (QED) is 0.373. The SMILES string of the molecule is [B]c1cnn2c(NCc3ccc(C(=O)NCCN4CCOCC4)cc3)cc(-c3ccccc3F)nc12. The first-order valence-corrected chi connectivity index (χ1v) is 11.9. The number of nitrogens with zero attached hydrogens (tertiary/aromatic N) is 4. The minimum absolute atomic E-state index is 0.0971. The van der Waals surface area contributed by atoms with Crippen LogP contribution in [-0.2, 0) is 11.3 Å². The predicted octanol–water partition coefficient (Wildman–Crippen LogP) is 2.00. The number of amides is 1. The second kappa shape index (κ2) is 10.9. The molecule has 2 aromatic carbocycles. The zero-order valence-corrected chi connectivity index (χ0v) is 19.8. The molecule has 2 N–H and O–H groups in total. The third-order valence-electron chi connectivity index (χ3n) is 6.16. The van der Waals surface area contributed by atoms with E-state index in [1.807, 2.05) is 12.1 Å². The fourth-order valence-corrected chi connectivity index (χ4v) is 4.13. The van der Waals surface area contributed by atoms with E-state index in [0.717, 1.165) is 38.4 Å². The van der Waals surface area contributed by atoms with E-state index in [4.69, 9.17) is 12.6 Å². The molecule has 1 fully saturated rings. The summed E-state index contributed by atoms with van der Waals surface area (Å²) in [6.45, 7) is 5.15. The summed E-state index contributed by atoms with van der Waals surface area (Å²) in [5, 5.41) is 10.6. The number of aromatic nitrogens is 3. The maximum absolute atomic E-state index is 14.4. The summed E-state index contributed by atoms with van der Waals surface area (Å²) >= 11 is 0. The maximum Gasteiger partial charge on any atom is 0.251 e. The highest BCUT2D eigenvalue weighted by molar-refractivity contribution is 6.36. The molecule has 1 saturated heterocycles. The minimum atomic E-state index is -0.364. The lowest BCUT2D eigenvalue weighted by Gasteiger charge is -2.26. The van der Waals surface area contributed by atoms with Gasteiger partial charge in [0.05, 0.1) is 18.9 Å². The van der Waals surface area contributed by atoms with Crippen LogP contribution in [0.2, 0.25) is 0 Å². The molecule has 2 radical (unpaired) electrons. The average molecular weight is 484 g/mol. The highest BCUT2D eigenvalue weighted by atomic mass is 19.1. The standard InChI is InChI=1S/C26H26BFN6O2/c27-21-17-31-34-24(15-23(32-25(21)34)20-3-1-2-4-22(20)28)30-16-18-5-7-19(8-6-18)26(35)29-9-10-33-11-13-36-14-12-33/h1-8,15,17,30H,9-14,16H2,(H,29,35). The van der Waals surface area contributed by atoms with Gasteiger partial charge in [-0.05, 0) is 35.3 Å². The first-order valence-electron chi connectivity index (χ1n) is 11.9. The number of carbonyl (C=O) groups is 1. The number of benzene rings is 2. The van der Waals surface area contributed by atoms with Gasteiger partial charge in [0.1, 0.15) is 19.5 Å². The van der Waals surface area contributed by atoms with Crippen LogP contribution >= 0.6 is 0 Å². The van der Waals surface area contributed by atoms with Crippen LogP contribution in [0.4, 0.5) is 10.2 Å². The molecule has 36 heavy (non-hydrogen) atoms. The summed E-state index contributed by atoms with van der Waals surface area (Å²) in [4.78, 5) is 19.3. The van der Waals surface area contributed by atoms with Gasteiger partial charge < -0.3 is 15.4 Å². The van der Waals surface area contributed by atoms with E-state index in [-0.39, 0.29) is 11.7 Å². The van der Waals surface area contributed by atoms with Crippen LogP contribution in [0.3, 0.4) is 0 Å². The van der Waals surface area contributed by atoms with Gasteiger partial charge in [0, 0.05) is 56.1 Å². The van der Waals surface area contributed by atoms with Crippen molar-refractivity contribution in [2.75, 3.05) is 44.7 Å². The Bertz CT molecular complexity index is 1350. The molecule has 4 aromatic rings. The summed E-state index contributed by atoms with van der Waals surface area (Å²) in [7, 11) is 6.05. The molecule has 0 aliphatic carbocycles. The first kappa shape index (κ1) is 24.0. The van der Waals surface area contributed by atoms with Gasteiger partial charge in [0.25, 0.3) is 5.91 Å². The number of rotatable bonds is 8.